The molecule has 1 aromatic heterocycles. The van der Waals surface area contributed by atoms with Crippen molar-refractivity contribution >= 4 is 50.5 Å². The summed E-state index contributed by atoms with van der Waals surface area (Å²) in [6.45, 7) is 1.83. The molecule has 7 heteroatoms. The Hall–Kier alpha value is -0.230. The van der Waals surface area contributed by atoms with Crippen LogP contribution in [0.5, 0.6) is 0 Å². The Morgan fingerprint density at radius 3 is 2.40 bits per heavy atom. The minimum Gasteiger partial charge on any atom is -0.166 e. The van der Waals surface area contributed by atoms with Gasteiger partial charge in [-0.15, -0.1) is 22.9 Å². The molecule has 0 aliphatic carbocycles. The maximum atomic E-state index is 12.8. The number of halogens is 6. The second-order valence-electron chi connectivity index (χ2n) is 4.20. The van der Waals surface area contributed by atoms with Crippen LogP contribution >= 0.6 is 50.5 Å². The van der Waals surface area contributed by atoms with Gasteiger partial charge in [-0.2, -0.15) is 13.2 Å². The third-order valence-corrected chi connectivity index (χ3v) is 5.66. The first kappa shape index (κ1) is 16.1. The van der Waals surface area contributed by atoms with E-state index in [9.17, 15) is 13.2 Å². The lowest BCUT2D eigenvalue weighted by atomic mass is 10.1. The zero-order valence-electron chi connectivity index (χ0n) is 10.1. The first-order chi connectivity index (χ1) is 9.20. The van der Waals surface area contributed by atoms with Crippen LogP contribution in [0.25, 0.3) is 0 Å². The molecule has 1 heterocycles. The van der Waals surface area contributed by atoms with Crippen molar-refractivity contribution in [3.05, 3.63) is 54.6 Å². The third-order valence-electron chi connectivity index (χ3n) is 2.72. The molecule has 1 aromatic carbocycles. The fourth-order valence-electron chi connectivity index (χ4n) is 1.68. The highest BCUT2D eigenvalue weighted by atomic mass is 79.9. The summed E-state index contributed by atoms with van der Waals surface area (Å²) in [6.07, 6.45) is -4.39. The fourth-order valence-corrected chi connectivity index (χ4v) is 3.88. The van der Waals surface area contributed by atoms with Gasteiger partial charge in [-0.1, -0.05) is 27.5 Å². The lowest BCUT2D eigenvalue weighted by Gasteiger charge is -2.14. The first-order valence-electron chi connectivity index (χ1n) is 5.46. The Labute approximate surface area is 136 Å². The quantitative estimate of drug-likeness (QED) is 0.482. The molecule has 1 unspecified atom stereocenters. The molecule has 0 radical (unpaired) electrons. The SMILES string of the molecule is Cc1cc(C(Cl)c2cc(C(F)(F)F)ccc2Br)sc1Cl. The van der Waals surface area contributed by atoms with Crippen molar-refractivity contribution in [3.63, 3.8) is 0 Å². The smallest absolute Gasteiger partial charge is 0.166 e. The number of benzene rings is 1. The largest absolute Gasteiger partial charge is 0.416 e. The molecule has 0 fully saturated rings. The van der Waals surface area contributed by atoms with Gasteiger partial charge in [0.05, 0.1) is 15.3 Å². The number of alkyl halides is 4. The molecule has 108 valence electrons. The summed E-state index contributed by atoms with van der Waals surface area (Å²) in [4.78, 5) is 0.717. The molecular formula is C13H8BrCl2F3S. The topological polar surface area (TPSA) is 0 Å². The van der Waals surface area contributed by atoms with Crippen molar-refractivity contribution in [2.45, 2.75) is 18.5 Å². The summed E-state index contributed by atoms with van der Waals surface area (Å²) in [5.74, 6) is 0. The third kappa shape index (κ3) is 3.32. The van der Waals surface area contributed by atoms with Gasteiger partial charge < -0.3 is 0 Å². The van der Waals surface area contributed by atoms with Gasteiger partial charge >= 0.3 is 6.18 Å². The predicted molar refractivity (Wildman–Crippen MR) is 80.9 cm³/mol. The Morgan fingerprint density at radius 2 is 1.90 bits per heavy atom. The molecule has 2 rings (SSSR count). The molecule has 0 amide bonds. The first-order valence-corrected chi connectivity index (χ1v) is 7.89. The average molecular weight is 404 g/mol. The molecule has 1 atom stereocenters. The van der Waals surface area contributed by atoms with Crippen LogP contribution in [-0.4, -0.2) is 0 Å². The van der Waals surface area contributed by atoms with Crippen molar-refractivity contribution in [1.82, 2.24) is 0 Å². The van der Waals surface area contributed by atoms with Crippen molar-refractivity contribution < 1.29 is 13.2 Å². The Balaban J connectivity index is 2.46. The maximum Gasteiger partial charge on any atom is 0.416 e. The lowest BCUT2D eigenvalue weighted by Crippen LogP contribution is -2.06. The summed E-state index contributed by atoms with van der Waals surface area (Å²) in [5, 5.41) is -0.678. The summed E-state index contributed by atoms with van der Waals surface area (Å²) in [5.41, 5.74) is 0.514. The van der Waals surface area contributed by atoms with Crippen molar-refractivity contribution in [2.24, 2.45) is 0 Å². The van der Waals surface area contributed by atoms with E-state index < -0.39 is 17.1 Å². The van der Waals surface area contributed by atoms with Crippen LogP contribution in [-0.2, 0) is 6.18 Å². The van der Waals surface area contributed by atoms with E-state index in [2.05, 4.69) is 15.9 Å². The molecule has 20 heavy (non-hydrogen) atoms. The molecule has 0 saturated carbocycles. The van der Waals surface area contributed by atoms with Crippen LogP contribution < -0.4 is 0 Å². The van der Waals surface area contributed by atoms with Crippen molar-refractivity contribution in [2.75, 3.05) is 0 Å². The molecule has 0 bridgehead atoms. The molecular weight excluding hydrogens is 396 g/mol. The van der Waals surface area contributed by atoms with Gasteiger partial charge in [0.15, 0.2) is 0 Å². The van der Waals surface area contributed by atoms with Gasteiger partial charge in [-0.3, -0.25) is 0 Å². The van der Waals surface area contributed by atoms with Crippen LogP contribution in [0.1, 0.15) is 26.9 Å². The van der Waals surface area contributed by atoms with E-state index in [-0.39, 0.29) is 0 Å². The second-order valence-corrected chi connectivity index (χ2v) is 7.18. The molecule has 0 aliphatic heterocycles. The zero-order valence-corrected chi connectivity index (χ0v) is 14.0. The molecule has 0 aliphatic rings. The van der Waals surface area contributed by atoms with Crippen molar-refractivity contribution in [1.29, 1.82) is 0 Å². The van der Waals surface area contributed by atoms with Gasteiger partial charge in [0, 0.05) is 9.35 Å². The summed E-state index contributed by atoms with van der Waals surface area (Å²) >= 11 is 16.8. The van der Waals surface area contributed by atoms with Crippen LogP contribution in [0.3, 0.4) is 0 Å². The predicted octanol–water partition coefficient (Wildman–Crippen LogP) is 6.82. The van der Waals surface area contributed by atoms with Gasteiger partial charge in [0.25, 0.3) is 0 Å². The number of thiophene rings is 1. The lowest BCUT2D eigenvalue weighted by molar-refractivity contribution is -0.137. The van der Waals surface area contributed by atoms with Gasteiger partial charge in [0.2, 0.25) is 0 Å². The number of hydrogen-bond donors (Lipinski definition) is 0. The second kappa shape index (κ2) is 5.87. The Bertz CT molecular complexity index is 618. The maximum absolute atomic E-state index is 12.8. The molecule has 0 N–H and O–H groups in total. The summed E-state index contributed by atoms with van der Waals surface area (Å²) in [6, 6.07) is 5.22. The van der Waals surface area contributed by atoms with Crippen LogP contribution in [0, 0.1) is 6.92 Å². The van der Waals surface area contributed by atoms with E-state index >= 15 is 0 Å². The van der Waals surface area contributed by atoms with Crippen LogP contribution in [0.2, 0.25) is 4.34 Å². The average Bonchev–Trinajstić information content (AvgIpc) is 2.68. The van der Waals surface area contributed by atoms with Gasteiger partial charge in [-0.05, 0) is 42.3 Å². The summed E-state index contributed by atoms with van der Waals surface area (Å²) < 4.78 is 39.4. The van der Waals surface area contributed by atoms with Gasteiger partial charge in [-0.25, -0.2) is 0 Å². The number of rotatable bonds is 2. The van der Waals surface area contributed by atoms with Crippen molar-refractivity contribution in [3.8, 4) is 0 Å². The van der Waals surface area contributed by atoms with E-state index in [0.29, 0.717) is 19.2 Å². The minimum absolute atomic E-state index is 0.374. The molecule has 2 aromatic rings. The van der Waals surface area contributed by atoms with E-state index in [1.165, 1.54) is 17.4 Å². The minimum atomic E-state index is -4.39. The molecule has 0 nitrogen and oxygen atoms in total. The molecule has 0 saturated heterocycles. The molecule has 0 spiro atoms. The van der Waals surface area contributed by atoms with Crippen LogP contribution in [0.15, 0.2) is 28.7 Å². The normalized spacial score (nSPS) is 13.6. The number of hydrogen-bond acceptors (Lipinski definition) is 1. The standard InChI is InChI=1S/C13H8BrCl2F3S/c1-6-4-10(20-12(6)16)11(15)8-5-7(13(17,18)19)2-3-9(8)14/h2-5,11H,1H3. The van der Waals surface area contributed by atoms with E-state index in [1.54, 1.807) is 6.07 Å². The van der Waals surface area contributed by atoms with Crippen LogP contribution in [0.4, 0.5) is 13.2 Å². The van der Waals surface area contributed by atoms with Gasteiger partial charge in [0.1, 0.15) is 0 Å². The van der Waals surface area contributed by atoms with E-state index in [4.69, 9.17) is 23.2 Å². The zero-order chi connectivity index (χ0) is 15.1. The highest BCUT2D eigenvalue weighted by Crippen LogP contribution is 2.42. The Morgan fingerprint density at radius 1 is 1.25 bits per heavy atom. The highest BCUT2D eigenvalue weighted by Gasteiger charge is 2.32. The fraction of sp³-hybridized carbons (Fsp3) is 0.231. The van der Waals surface area contributed by atoms with E-state index in [0.717, 1.165) is 17.7 Å². The monoisotopic (exact) mass is 402 g/mol. The number of aryl methyl sites for hydroxylation is 1. The van der Waals surface area contributed by atoms with E-state index in [1.807, 2.05) is 6.92 Å². The Kier molecular flexibility index (Phi) is 4.74. The summed E-state index contributed by atoms with van der Waals surface area (Å²) in [7, 11) is 0. The highest BCUT2D eigenvalue weighted by molar-refractivity contribution is 9.10.